The number of hydrogen-bond donors (Lipinski definition) is 1. The minimum atomic E-state index is -0.257. The Hall–Kier alpha value is -1.33. The van der Waals surface area contributed by atoms with Crippen LogP contribution in [0.15, 0.2) is 40.6 Å². The molecule has 0 aliphatic carbocycles. The first-order valence-corrected chi connectivity index (χ1v) is 6.10. The van der Waals surface area contributed by atoms with Crippen LogP contribution in [0.1, 0.15) is 18.5 Å². The van der Waals surface area contributed by atoms with Crippen LogP contribution in [-0.4, -0.2) is 9.55 Å². The number of aromatic nitrogens is 2. The van der Waals surface area contributed by atoms with Crippen LogP contribution >= 0.6 is 11.8 Å². The number of benzene rings is 1. The second-order valence-corrected chi connectivity index (χ2v) is 4.85. The van der Waals surface area contributed by atoms with Crippen LogP contribution in [0.5, 0.6) is 0 Å². The lowest BCUT2D eigenvalue weighted by atomic mass is 10.1. The fourth-order valence-electron chi connectivity index (χ4n) is 1.53. The molecule has 1 aromatic heterocycles. The van der Waals surface area contributed by atoms with Crippen molar-refractivity contribution in [3.05, 3.63) is 42.0 Å². The lowest BCUT2D eigenvalue weighted by molar-refractivity contribution is 0.590. The predicted molar refractivity (Wildman–Crippen MR) is 66.3 cm³/mol. The van der Waals surface area contributed by atoms with Crippen LogP contribution in [0.2, 0.25) is 0 Å². The number of nitrogens with two attached hydrogens (primary N) is 1. The van der Waals surface area contributed by atoms with Gasteiger partial charge in [-0.05, 0) is 30.3 Å². The molecular weight excluding hydrogens is 237 g/mol. The third-order valence-electron chi connectivity index (χ3n) is 2.46. The summed E-state index contributed by atoms with van der Waals surface area (Å²) in [6, 6.07) is 4.76. The Morgan fingerprint density at radius 3 is 2.82 bits per heavy atom. The molecule has 0 aliphatic heterocycles. The van der Waals surface area contributed by atoms with Crippen molar-refractivity contribution >= 4 is 11.8 Å². The van der Waals surface area contributed by atoms with E-state index in [1.807, 2.05) is 30.8 Å². The first-order chi connectivity index (χ1) is 8.09. The number of imidazole rings is 1. The van der Waals surface area contributed by atoms with E-state index in [2.05, 4.69) is 4.98 Å². The minimum absolute atomic E-state index is 0.200. The second kappa shape index (κ2) is 4.89. The third kappa shape index (κ3) is 2.50. The van der Waals surface area contributed by atoms with Gasteiger partial charge in [-0.15, -0.1) is 0 Å². The largest absolute Gasteiger partial charge is 0.329 e. The summed E-state index contributed by atoms with van der Waals surface area (Å²) >= 11 is 1.30. The molecule has 1 atom stereocenters. The molecule has 2 N–H and O–H groups in total. The zero-order valence-corrected chi connectivity index (χ0v) is 10.5. The van der Waals surface area contributed by atoms with Gasteiger partial charge in [0.15, 0.2) is 5.16 Å². The molecule has 2 aromatic rings. The highest BCUT2D eigenvalue weighted by atomic mass is 32.2. The van der Waals surface area contributed by atoms with Crippen molar-refractivity contribution in [2.24, 2.45) is 12.8 Å². The van der Waals surface area contributed by atoms with Crippen molar-refractivity contribution in [2.75, 3.05) is 0 Å². The van der Waals surface area contributed by atoms with Crippen molar-refractivity contribution in [3.8, 4) is 0 Å². The summed E-state index contributed by atoms with van der Waals surface area (Å²) in [6.07, 6.45) is 3.52. The van der Waals surface area contributed by atoms with Crippen LogP contribution in [0.25, 0.3) is 0 Å². The number of nitrogens with zero attached hydrogens (tertiary/aromatic N) is 2. The van der Waals surface area contributed by atoms with Gasteiger partial charge in [0.1, 0.15) is 5.82 Å². The quantitative estimate of drug-likeness (QED) is 0.912. The van der Waals surface area contributed by atoms with Crippen molar-refractivity contribution in [3.63, 3.8) is 0 Å². The molecule has 17 heavy (non-hydrogen) atoms. The molecule has 0 saturated heterocycles. The fraction of sp³-hybridized carbons (Fsp3) is 0.250. The van der Waals surface area contributed by atoms with Gasteiger partial charge in [-0.1, -0.05) is 12.1 Å². The molecule has 0 amide bonds. The molecule has 0 saturated carbocycles. The van der Waals surface area contributed by atoms with Crippen LogP contribution in [0.3, 0.4) is 0 Å². The van der Waals surface area contributed by atoms with Crippen molar-refractivity contribution in [2.45, 2.75) is 23.0 Å². The van der Waals surface area contributed by atoms with Gasteiger partial charge in [0.25, 0.3) is 0 Å². The van der Waals surface area contributed by atoms with Crippen LogP contribution in [0.4, 0.5) is 4.39 Å². The van der Waals surface area contributed by atoms with Gasteiger partial charge < -0.3 is 10.3 Å². The Labute approximate surface area is 104 Å². The normalized spacial score (nSPS) is 12.7. The summed E-state index contributed by atoms with van der Waals surface area (Å²) in [6.45, 7) is 1.84. The van der Waals surface area contributed by atoms with E-state index in [0.717, 1.165) is 10.7 Å². The summed E-state index contributed by atoms with van der Waals surface area (Å²) in [5.41, 5.74) is 6.65. The van der Waals surface area contributed by atoms with Gasteiger partial charge in [0.05, 0.1) is 4.90 Å². The van der Waals surface area contributed by atoms with E-state index >= 15 is 0 Å². The molecule has 3 nitrogen and oxygen atoms in total. The first-order valence-electron chi connectivity index (χ1n) is 5.28. The van der Waals surface area contributed by atoms with E-state index < -0.39 is 0 Å². The lowest BCUT2D eigenvalue weighted by Gasteiger charge is -2.12. The molecule has 1 aromatic carbocycles. The Bertz CT molecular complexity index is 522. The van der Waals surface area contributed by atoms with Crippen LogP contribution < -0.4 is 5.73 Å². The number of halogens is 1. The molecule has 1 heterocycles. The average molecular weight is 251 g/mol. The smallest absolute Gasteiger partial charge is 0.172 e. The van der Waals surface area contributed by atoms with E-state index in [1.54, 1.807) is 12.3 Å². The molecule has 0 aliphatic rings. The SMILES string of the molecule is C[C@@H](N)c1cccc(F)c1Sc1nccn1C. The Morgan fingerprint density at radius 1 is 1.47 bits per heavy atom. The van der Waals surface area contributed by atoms with Gasteiger partial charge in [-0.25, -0.2) is 9.37 Å². The van der Waals surface area contributed by atoms with Crippen LogP contribution in [0, 0.1) is 5.82 Å². The van der Waals surface area contributed by atoms with Crippen molar-refractivity contribution in [1.82, 2.24) is 9.55 Å². The first kappa shape index (κ1) is 12.1. The Morgan fingerprint density at radius 2 is 2.24 bits per heavy atom. The number of aryl methyl sites for hydroxylation is 1. The lowest BCUT2D eigenvalue weighted by Crippen LogP contribution is -2.07. The number of hydrogen-bond acceptors (Lipinski definition) is 3. The highest BCUT2D eigenvalue weighted by Crippen LogP contribution is 2.33. The van der Waals surface area contributed by atoms with Gasteiger partial charge in [0, 0.05) is 25.5 Å². The third-order valence-corrected chi connectivity index (χ3v) is 3.67. The fourth-order valence-corrected chi connectivity index (χ4v) is 2.57. The molecule has 0 spiro atoms. The summed E-state index contributed by atoms with van der Waals surface area (Å²) in [5, 5.41) is 0.747. The van der Waals surface area contributed by atoms with Crippen LogP contribution in [-0.2, 0) is 7.05 Å². The van der Waals surface area contributed by atoms with E-state index in [4.69, 9.17) is 5.73 Å². The van der Waals surface area contributed by atoms with E-state index in [0.29, 0.717) is 4.90 Å². The molecule has 0 radical (unpaired) electrons. The van der Waals surface area contributed by atoms with Crippen molar-refractivity contribution in [1.29, 1.82) is 0 Å². The molecule has 5 heteroatoms. The number of rotatable bonds is 3. The van der Waals surface area contributed by atoms with Gasteiger partial charge >= 0.3 is 0 Å². The topological polar surface area (TPSA) is 43.8 Å². The second-order valence-electron chi connectivity index (χ2n) is 3.87. The minimum Gasteiger partial charge on any atom is -0.329 e. The monoisotopic (exact) mass is 251 g/mol. The molecule has 2 rings (SSSR count). The molecule has 90 valence electrons. The summed E-state index contributed by atoms with van der Waals surface area (Å²) in [5.74, 6) is -0.257. The summed E-state index contributed by atoms with van der Waals surface area (Å²) < 4.78 is 15.7. The summed E-state index contributed by atoms with van der Waals surface area (Å²) in [4.78, 5) is 4.72. The summed E-state index contributed by atoms with van der Waals surface area (Å²) in [7, 11) is 1.88. The highest BCUT2D eigenvalue weighted by molar-refractivity contribution is 7.99. The molecule has 0 unspecified atom stereocenters. The Kier molecular flexibility index (Phi) is 3.49. The molecule has 0 bridgehead atoms. The van der Waals surface area contributed by atoms with Gasteiger partial charge in [-0.2, -0.15) is 0 Å². The standard InChI is InChI=1S/C12H14FN3S/c1-8(14)9-4-3-5-10(13)11(9)17-12-15-6-7-16(12)2/h3-8H,14H2,1-2H3/t8-/m1/s1. The van der Waals surface area contributed by atoms with Gasteiger partial charge in [-0.3, -0.25) is 0 Å². The zero-order valence-electron chi connectivity index (χ0n) is 9.72. The van der Waals surface area contributed by atoms with Crippen molar-refractivity contribution < 1.29 is 4.39 Å². The highest BCUT2D eigenvalue weighted by Gasteiger charge is 2.14. The maximum atomic E-state index is 13.8. The Balaban J connectivity index is 2.41. The maximum absolute atomic E-state index is 13.8. The molecular formula is C12H14FN3S. The van der Waals surface area contributed by atoms with E-state index in [9.17, 15) is 4.39 Å². The zero-order chi connectivity index (χ0) is 12.4. The van der Waals surface area contributed by atoms with E-state index in [-0.39, 0.29) is 11.9 Å². The maximum Gasteiger partial charge on any atom is 0.172 e. The average Bonchev–Trinajstić information content (AvgIpc) is 2.67. The predicted octanol–water partition coefficient (Wildman–Crippen LogP) is 2.73. The van der Waals surface area contributed by atoms with Gasteiger partial charge in [0.2, 0.25) is 0 Å². The molecule has 0 fully saturated rings. The van der Waals surface area contributed by atoms with E-state index in [1.165, 1.54) is 17.8 Å².